The van der Waals surface area contributed by atoms with E-state index in [4.69, 9.17) is 16.6 Å². The van der Waals surface area contributed by atoms with Gasteiger partial charge in [-0.15, -0.1) is 0 Å². The van der Waals surface area contributed by atoms with Crippen LogP contribution < -0.4 is 21.3 Å². The maximum Gasteiger partial charge on any atom is 0.272 e. The average Bonchev–Trinajstić information content (AvgIpc) is 3.34. The lowest BCUT2D eigenvalue weighted by atomic mass is 10.0. The van der Waals surface area contributed by atoms with E-state index in [9.17, 15) is 14.0 Å². The number of hydrogen-bond acceptors (Lipinski definition) is 6. The zero-order valence-corrected chi connectivity index (χ0v) is 18.9. The average molecular weight is 470 g/mol. The van der Waals surface area contributed by atoms with Crippen LogP contribution in [0, 0.1) is 5.82 Å². The number of nitrogens with one attached hydrogen (secondary N) is 2. The molecular weight excluding hydrogens is 449 g/mol. The molecule has 0 bridgehead atoms. The van der Waals surface area contributed by atoms with E-state index < -0.39 is 17.4 Å². The van der Waals surface area contributed by atoms with Gasteiger partial charge in [0.1, 0.15) is 16.7 Å². The highest BCUT2D eigenvalue weighted by molar-refractivity contribution is 6.29. The Hall–Kier alpha value is -3.66. The van der Waals surface area contributed by atoms with Gasteiger partial charge in [0, 0.05) is 31.8 Å². The Balaban J connectivity index is 1.60. The lowest BCUT2D eigenvalue weighted by molar-refractivity contribution is 0.625. The van der Waals surface area contributed by atoms with E-state index in [1.807, 2.05) is 22.8 Å². The number of aromatic amines is 1. The first-order chi connectivity index (χ1) is 15.7. The Morgan fingerprint density at radius 2 is 2.00 bits per heavy atom. The summed E-state index contributed by atoms with van der Waals surface area (Å²) in [5.41, 5.74) is 2.51. The monoisotopic (exact) mass is 469 g/mol. The summed E-state index contributed by atoms with van der Waals surface area (Å²) in [6, 6.07) is 5.11. The van der Waals surface area contributed by atoms with Crippen LogP contribution in [0.2, 0.25) is 5.15 Å². The van der Waals surface area contributed by atoms with Gasteiger partial charge >= 0.3 is 0 Å². The maximum absolute atomic E-state index is 14.5. The fourth-order valence-electron chi connectivity index (χ4n) is 4.27. The summed E-state index contributed by atoms with van der Waals surface area (Å²) in [7, 11) is 3.51. The molecule has 0 amide bonds. The zero-order chi connectivity index (χ0) is 23.4. The number of pyridine rings is 1. The van der Waals surface area contributed by atoms with E-state index in [-0.39, 0.29) is 21.8 Å². The smallest absolute Gasteiger partial charge is 0.272 e. The summed E-state index contributed by atoms with van der Waals surface area (Å²) in [5, 5.41) is 7.73. The minimum absolute atomic E-state index is 0.174. The molecule has 5 rings (SSSR count). The summed E-state index contributed by atoms with van der Waals surface area (Å²) in [4.78, 5) is 34.7. The SMILES string of the molecule is C[C@@H](Nc1ccc(Cl)[nH]c1=O)c1cc(F)cc2c(=O)n(C)c(N3Cc4cnn(C)c4C3)nc12. The maximum atomic E-state index is 14.5. The zero-order valence-electron chi connectivity index (χ0n) is 18.2. The minimum Gasteiger partial charge on any atom is -0.374 e. The summed E-state index contributed by atoms with van der Waals surface area (Å²) in [5.74, 6) is -0.0736. The van der Waals surface area contributed by atoms with Crippen LogP contribution in [-0.4, -0.2) is 24.3 Å². The molecule has 0 aliphatic carbocycles. The van der Waals surface area contributed by atoms with Crippen molar-refractivity contribution < 1.29 is 4.39 Å². The molecule has 9 nitrogen and oxygen atoms in total. The van der Waals surface area contributed by atoms with Crippen LogP contribution in [0.5, 0.6) is 0 Å². The standard InChI is InChI=1S/C22H21ClFN7O2/c1-11(26-16-4-5-18(23)27-20(16)32)14-6-13(24)7-15-19(14)28-22(29(2)21(15)33)31-9-12-8-25-30(3)17(12)10-31/h4-8,11,26H,9-10H2,1-3H3,(H,27,32)/t11-/m1/s1. The van der Waals surface area contributed by atoms with E-state index in [1.165, 1.54) is 16.7 Å². The molecule has 1 aromatic carbocycles. The van der Waals surface area contributed by atoms with Crippen LogP contribution in [0.1, 0.15) is 29.8 Å². The summed E-state index contributed by atoms with van der Waals surface area (Å²) in [6.45, 7) is 2.90. The summed E-state index contributed by atoms with van der Waals surface area (Å²) >= 11 is 5.83. The van der Waals surface area contributed by atoms with Gasteiger partial charge in [0.25, 0.3) is 11.1 Å². The molecule has 0 spiro atoms. The first-order valence-corrected chi connectivity index (χ1v) is 10.7. The van der Waals surface area contributed by atoms with Crippen molar-refractivity contribution in [3.8, 4) is 0 Å². The number of aromatic nitrogens is 5. The Morgan fingerprint density at radius 1 is 1.21 bits per heavy atom. The predicted octanol–water partition coefficient (Wildman–Crippen LogP) is 2.84. The number of halogens is 2. The fourth-order valence-corrected chi connectivity index (χ4v) is 4.42. The molecule has 3 aromatic heterocycles. The molecule has 1 atom stereocenters. The van der Waals surface area contributed by atoms with Gasteiger partial charge in [0.2, 0.25) is 5.95 Å². The summed E-state index contributed by atoms with van der Waals surface area (Å²) in [6.07, 6.45) is 1.81. The van der Waals surface area contributed by atoms with Crippen molar-refractivity contribution in [2.24, 2.45) is 14.1 Å². The number of benzene rings is 1. The lowest BCUT2D eigenvalue weighted by Crippen LogP contribution is -2.29. The van der Waals surface area contributed by atoms with Crippen molar-refractivity contribution in [3.05, 3.63) is 79.0 Å². The molecule has 11 heteroatoms. The van der Waals surface area contributed by atoms with Crippen molar-refractivity contribution in [1.29, 1.82) is 0 Å². The van der Waals surface area contributed by atoms with Gasteiger partial charge in [-0.3, -0.25) is 18.8 Å². The molecule has 0 saturated heterocycles. The van der Waals surface area contributed by atoms with Crippen molar-refractivity contribution in [2.75, 3.05) is 10.2 Å². The predicted molar refractivity (Wildman–Crippen MR) is 124 cm³/mol. The van der Waals surface area contributed by atoms with Crippen molar-refractivity contribution in [2.45, 2.75) is 26.1 Å². The molecule has 1 aliphatic heterocycles. The molecule has 0 radical (unpaired) electrons. The molecule has 2 N–H and O–H groups in total. The third kappa shape index (κ3) is 3.56. The number of aryl methyl sites for hydroxylation is 1. The van der Waals surface area contributed by atoms with Gasteiger partial charge in [-0.25, -0.2) is 9.37 Å². The molecule has 170 valence electrons. The van der Waals surface area contributed by atoms with Gasteiger partial charge in [0.05, 0.1) is 35.4 Å². The third-order valence-electron chi connectivity index (χ3n) is 6.00. The highest BCUT2D eigenvalue weighted by Gasteiger charge is 2.27. The third-order valence-corrected chi connectivity index (χ3v) is 6.22. The number of anilines is 2. The van der Waals surface area contributed by atoms with Crippen LogP contribution in [0.4, 0.5) is 16.0 Å². The number of rotatable bonds is 4. The second kappa shape index (κ2) is 7.73. The molecule has 0 fully saturated rings. The Bertz CT molecular complexity index is 1520. The van der Waals surface area contributed by atoms with Crippen molar-refractivity contribution in [1.82, 2.24) is 24.3 Å². The lowest BCUT2D eigenvalue weighted by Gasteiger charge is -2.22. The molecule has 33 heavy (non-hydrogen) atoms. The highest BCUT2D eigenvalue weighted by atomic mass is 35.5. The van der Waals surface area contributed by atoms with Crippen LogP contribution in [0.3, 0.4) is 0 Å². The minimum atomic E-state index is -0.553. The Morgan fingerprint density at radius 3 is 2.73 bits per heavy atom. The van der Waals surface area contributed by atoms with E-state index >= 15 is 0 Å². The molecular formula is C22H21ClFN7O2. The normalized spacial score (nSPS) is 14.0. The molecule has 4 heterocycles. The Kier molecular flexibility index (Phi) is 4.97. The van der Waals surface area contributed by atoms with E-state index in [0.717, 1.165) is 11.3 Å². The topological polar surface area (TPSA) is 101 Å². The number of nitrogens with zero attached hydrogens (tertiary/aromatic N) is 5. The molecule has 4 aromatic rings. The largest absolute Gasteiger partial charge is 0.374 e. The number of fused-ring (bicyclic) bond motifs is 2. The van der Waals surface area contributed by atoms with E-state index in [0.29, 0.717) is 30.1 Å². The first kappa shape index (κ1) is 21.2. The van der Waals surface area contributed by atoms with E-state index in [2.05, 4.69) is 15.4 Å². The summed E-state index contributed by atoms with van der Waals surface area (Å²) < 4.78 is 17.8. The van der Waals surface area contributed by atoms with Crippen LogP contribution >= 0.6 is 11.6 Å². The quantitative estimate of drug-likeness (QED) is 0.446. The van der Waals surface area contributed by atoms with Crippen LogP contribution in [0.15, 0.2) is 40.1 Å². The first-order valence-electron chi connectivity index (χ1n) is 10.3. The fraction of sp³-hybridized carbons (Fsp3) is 0.273. The van der Waals surface area contributed by atoms with Crippen LogP contribution in [-0.2, 0) is 27.2 Å². The van der Waals surface area contributed by atoms with Crippen LogP contribution in [0.25, 0.3) is 10.9 Å². The molecule has 0 unspecified atom stereocenters. The van der Waals surface area contributed by atoms with Gasteiger partial charge in [-0.2, -0.15) is 5.10 Å². The highest BCUT2D eigenvalue weighted by Crippen LogP contribution is 2.30. The van der Waals surface area contributed by atoms with E-state index in [1.54, 1.807) is 26.1 Å². The van der Waals surface area contributed by atoms with Crippen molar-refractivity contribution >= 4 is 34.1 Å². The number of H-pyrrole nitrogens is 1. The molecule has 0 saturated carbocycles. The van der Waals surface area contributed by atoms with Gasteiger partial charge in [0.15, 0.2) is 0 Å². The van der Waals surface area contributed by atoms with Gasteiger partial charge in [-0.05, 0) is 31.2 Å². The second-order valence-corrected chi connectivity index (χ2v) is 8.59. The van der Waals surface area contributed by atoms with Gasteiger partial charge in [-0.1, -0.05) is 11.6 Å². The second-order valence-electron chi connectivity index (χ2n) is 8.18. The number of hydrogen-bond donors (Lipinski definition) is 2. The Labute approximate surface area is 192 Å². The molecule has 1 aliphatic rings. The van der Waals surface area contributed by atoms with Crippen molar-refractivity contribution in [3.63, 3.8) is 0 Å². The van der Waals surface area contributed by atoms with Gasteiger partial charge < -0.3 is 15.2 Å².